The number of anilines is 3. The van der Waals surface area contributed by atoms with Gasteiger partial charge in [0.25, 0.3) is 0 Å². The average molecular weight is 753 g/mol. The van der Waals surface area contributed by atoms with Gasteiger partial charge in [-0.1, -0.05) is 158 Å². The molecule has 1 spiro atoms. The molecule has 0 amide bonds. The normalized spacial score (nSPS) is 15.8. The quantitative estimate of drug-likeness (QED) is 0.174. The molecule has 2 aliphatic rings. The van der Waals surface area contributed by atoms with Gasteiger partial charge in [-0.15, -0.1) is 0 Å². The van der Waals surface area contributed by atoms with Crippen molar-refractivity contribution in [1.29, 1.82) is 0 Å². The van der Waals surface area contributed by atoms with E-state index < -0.39 is 5.41 Å². The van der Waals surface area contributed by atoms with Crippen LogP contribution in [0.2, 0.25) is 0 Å². The molecule has 0 fully saturated rings. The van der Waals surface area contributed by atoms with Gasteiger partial charge in [-0.3, -0.25) is 0 Å². The molecule has 0 aliphatic heterocycles. The standard InChI is InChI=1S/C57H36N2/c1-2-18-40(19-3-1)59-54-27-11-8-22-47(54)49-35-42(31-33-55(49)59)58(41-29-28-37-14-4-5-15-39(37)34-41)43-30-32-46-44-20-6-9-24-50(44)57(53(46)36-43)51-25-10-7-21-45(51)48-23-12-16-38-17-13-26-52(57)56(38)48/h1-36H/i6D,9D,20D,24D. The van der Waals surface area contributed by atoms with Gasteiger partial charge >= 0.3 is 0 Å². The van der Waals surface area contributed by atoms with Crippen molar-refractivity contribution in [3.8, 4) is 27.9 Å². The lowest BCUT2D eigenvalue weighted by Crippen LogP contribution is -2.32. The van der Waals surface area contributed by atoms with Crippen LogP contribution < -0.4 is 4.90 Å². The molecular weight excluding hydrogens is 713 g/mol. The maximum absolute atomic E-state index is 9.76. The molecule has 0 radical (unpaired) electrons. The van der Waals surface area contributed by atoms with Crippen LogP contribution in [0.5, 0.6) is 0 Å². The second-order valence-corrected chi connectivity index (χ2v) is 15.7. The Morgan fingerprint density at radius 3 is 1.97 bits per heavy atom. The number of hydrogen-bond acceptors (Lipinski definition) is 1. The zero-order valence-electron chi connectivity index (χ0n) is 35.9. The number of hydrogen-bond donors (Lipinski definition) is 0. The zero-order valence-corrected chi connectivity index (χ0v) is 31.9. The van der Waals surface area contributed by atoms with Crippen LogP contribution in [0.3, 0.4) is 0 Å². The number of aromatic nitrogens is 1. The number of rotatable bonds is 4. The van der Waals surface area contributed by atoms with E-state index in [1.54, 1.807) is 0 Å². The molecule has 2 nitrogen and oxygen atoms in total. The van der Waals surface area contributed by atoms with E-state index in [9.17, 15) is 2.74 Å². The first-order valence-corrected chi connectivity index (χ1v) is 20.2. The Morgan fingerprint density at radius 1 is 0.390 bits per heavy atom. The Hall–Kier alpha value is -7.68. The molecule has 0 N–H and O–H groups in total. The van der Waals surface area contributed by atoms with Crippen LogP contribution in [0, 0.1) is 0 Å². The van der Waals surface area contributed by atoms with Crippen LogP contribution in [0.25, 0.3) is 71.3 Å². The van der Waals surface area contributed by atoms with Crippen molar-refractivity contribution in [2.24, 2.45) is 0 Å². The highest BCUT2D eigenvalue weighted by Gasteiger charge is 2.50. The molecule has 1 aromatic heterocycles. The minimum Gasteiger partial charge on any atom is -0.310 e. The molecule has 1 atom stereocenters. The SMILES string of the molecule is [2H]c1c([2H])c([2H])c2c(c1[2H])-c1ccc(N(c3ccc4ccccc4c3)c3ccc4c(c3)c3ccccc3n4-c3ccccc3)cc1C21c2ccccc2-c2cccc3cccc1c23. The maximum Gasteiger partial charge on any atom is 0.0726 e. The summed E-state index contributed by atoms with van der Waals surface area (Å²) in [7, 11) is 0. The van der Waals surface area contributed by atoms with E-state index in [4.69, 9.17) is 2.74 Å². The molecule has 1 heterocycles. The van der Waals surface area contributed by atoms with E-state index in [2.05, 4.69) is 204 Å². The van der Waals surface area contributed by atoms with Gasteiger partial charge in [-0.05, 0) is 127 Å². The largest absolute Gasteiger partial charge is 0.310 e. The fraction of sp³-hybridized carbons (Fsp3) is 0.0175. The van der Waals surface area contributed by atoms with E-state index in [-0.39, 0.29) is 24.2 Å². The summed E-state index contributed by atoms with van der Waals surface area (Å²) in [6.45, 7) is 0. The number of benzene rings is 10. The van der Waals surface area contributed by atoms with Crippen LogP contribution >= 0.6 is 0 Å². The number of fused-ring (bicyclic) bond motifs is 13. The van der Waals surface area contributed by atoms with Gasteiger partial charge in [0.2, 0.25) is 0 Å². The summed E-state index contributed by atoms with van der Waals surface area (Å²) >= 11 is 0. The molecule has 11 aromatic rings. The first-order valence-electron chi connectivity index (χ1n) is 22.2. The summed E-state index contributed by atoms with van der Waals surface area (Å²) in [5.74, 6) is 0. The second kappa shape index (κ2) is 12.2. The molecule has 2 aliphatic carbocycles. The third-order valence-electron chi connectivity index (χ3n) is 12.8. The van der Waals surface area contributed by atoms with E-state index >= 15 is 0 Å². The molecule has 0 saturated heterocycles. The topological polar surface area (TPSA) is 8.17 Å². The van der Waals surface area contributed by atoms with Crippen LogP contribution in [0.4, 0.5) is 17.1 Å². The van der Waals surface area contributed by atoms with E-state index in [1.165, 1.54) is 0 Å². The Balaban J connectivity index is 1.14. The molecule has 2 heteroatoms. The minimum absolute atomic E-state index is 0.0124. The lowest BCUT2D eigenvalue weighted by molar-refractivity contribution is 0.773. The highest BCUT2D eigenvalue weighted by atomic mass is 15.1. The molecule has 274 valence electrons. The molecule has 0 saturated carbocycles. The van der Waals surface area contributed by atoms with Crippen molar-refractivity contribution in [2.45, 2.75) is 5.41 Å². The average Bonchev–Trinajstić information content (AvgIpc) is 3.83. The number of para-hydroxylation sites is 2. The fourth-order valence-corrected chi connectivity index (χ4v) is 10.5. The van der Waals surface area contributed by atoms with E-state index in [1.807, 2.05) is 0 Å². The third-order valence-corrected chi connectivity index (χ3v) is 12.8. The summed E-state index contributed by atoms with van der Waals surface area (Å²) < 4.78 is 39.7. The van der Waals surface area contributed by atoms with Crippen molar-refractivity contribution in [3.63, 3.8) is 0 Å². The van der Waals surface area contributed by atoms with Crippen LogP contribution in [-0.4, -0.2) is 4.57 Å². The summed E-state index contributed by atoms with van der Waals surface area (Å²) in [6.07, 6.45) is 0. The maximum atomic E-state index is 9.76. The summed E-state index contributed by atoms with van der Waals surface area (Å²) in [6, 6.07) is 68.2. The smallest absolute Gasteiger partial charge is 0.0726 e. The third kappa shape index (κ3) is 4.40. The predicted octanol–water partition coefficient (Wildman–Crippen LogP) is 14.9. The molecule has 0 bridgehead atoms. The van der Waals surface area contributed by atoms with Crippen LogP contribution in [0.1, 0.15) is 27.7 Å². The summed E-state index contributed by atoms with van der Waals surface area (Å²) in [5.41, 5.74) is 12.3. The summed E-state index contributed by atoms with van der Waals surface area (Å²) in [4.78, 5) is 2.33. The Kier molecular flexibility index (Phi) is 5.91. The molecule has 13 rings (SSSR count). The second-order valence-electron chi connectivity index (χ2n) is 15.7. The van der Waals surface area contributed by atoms with Crippen molar-refractivity contribution in [2.75, 3.05) is 4.90 Å². The van der Waals surface area contributed by atoms with Crippen molar-refractivity contribution >= 4 is 60.4 Å². The zero-order chi connectivity index (χ0) is 42.1. The van der Waals surface area contributed by atoms with E-state index in [0.717, 1.165) is 99.5 Å². The molecular formula is C57H36N2. The van der Waals surface area contributed by atoms with Crippen molar-refractivity contribution in [1.82, 2.24) is 4.57 Å². The van der Waals surface area contributed by atoms with Gasteiger partial charge in [-0.2, -0.15) is 0 Å². The van der Waals surface area contributed by atoms with Crippen LogP contribution in [0.15, 0.2) is 218 Å². The predicted molar refractivity (Wildman–Crippen MR) is 247 cm³/mol. The van der Waals surface area contributed by atoms with Gasteiger partial charge in [-0.25, -0.2) is 0 Å². The Morgan fingerprint density at radius 2 is 1.03 bits per heavy atom. The van der Waals surface area contributed by atoms with Gasteiger partial charge in [0.15, 0.2) is 0 Å². The Bertz CT molecular complexity index is 3750. The fourth-order valence-electron chi connectivity index (χ4n) is 10.5. The molecule has 1 unspecified atom stereocenters. The summed E-state index contributed by atoms with van der Waals surface area (Å²) in [5, 5.41) is 6.76. The first-order chi connectivity index (χ1) is 30.9. The minimum atomic E-state index is -1.05. The highest BCUT2D eigenvalue weighted by molar-refractivity contribution is 6.11. The Labute approximate surface area is 348 Å². The monoisotopic (exact) mass is 752 g/mol. The number of nitrogens with zero attached hydrogens (tertiary/aromatic N) is 2. The van der Waals surface area contributed by atoms with E-state index in [0.29, 0.717) is 11.1 Å². The van der Waals surface area contributed by atoms with Gasteiger partial charge in [0, 0.05) is 33.5 Å². The molecule has 59 heavy (non-hydrogen) atoms. The van der Waals surface area contributed by atoms with Crippen LogP contribution in [-0.2, 0) is 5.41 Å². The lowest BCUT2D eigenvalue weighted by Gasteiger charge is -2.40. The van der Waals surface area contributed by atoms with Gasteiger partial charge in [0.1, 0.15) is 0 Å². The van der Waals surface area contributed by atoms with Gasteiger partial charge < -0.3 is 9.47 Å². The van der Waals surface area contributed by atoms with Crippen molar-refractivity contribution < 1.29 is 5.48 Å². The lowest BCUT2D eigenvalue weighted by atomic mass is 9.61. The molecule has 10 aromatic carbocycles. The van der Waals surface area contributed by atoms with Crippen molar-refractivity contribution in [3.05, 3.63) is 241 Å². The highest BCUT2D eigenvalue weighted by Crippen LogP contribution is 2.62. The first kappa shape index (κ1) is 28.7. The van der Waals surface area contributed by atoms with Gasteiger partial charge in [0.05, 0.1) is 21.9 Å².